The normalized spacial score (nSPS) is 11.8. The Bertz CT molecular complexity index is 922. The van der Waals surface area contributed by atoms with Crippen LogP contribution in [-0.4, -0.2) is 18.0 Å². The first-order valence-electron chi connectivity index (χ1n) is 9.28. The Hall–Kier alpha value is -2.70. The molecule has 0 aliphatic carbocycles. The van der Waals surface area contributed by atoms with Crippen LogP contribution in [0.25, 0.3) is 0 Å². The summed E-state index contributed by atoms with van der Waals surface area (Å²) in [5, 5.41) is 9.71. The number of aryl methyl sites for hydroxylation is 1. The molecule has 0 spiro atoms. The largest absolute Gasteiger partial charge is 0.497 e. The van der Waals surface area contributed by atoms with Gasteiger partial charge in [0.1, 0.15) is 10.8 Å². The minimum Gasteiger partial charge on any atom is -0.497 e. The van der Waals surface area contributed by atoms with E-state index in [-0.39, 0.29) is 11.9 Å². The summed E-state index contributed by atoms with van der Waals surface area (Å²) >= 11 is 1.69. The number of nitrogens with zero attached hydrogens (tertiary/aromatic N) is 1. The van der Waals surface area contributed by atoms with Crippen LogP contribution >= 0.6 is 11.3 Å². The number of hydrogen-bond acceptors (Lipinski definition) is 5. The van der Waals surface area contributed by atoms with E-state index in [1.54, 1.807) is 42.7 Å². The van der Waals surface area contributed by atoms with Crippen molar-refractivity contribution in [2.45, 2.75) is 32.9 Å². The molecule has 3 rings (SSSR count). The minimum atomic E-state index is -0.141. The number of benzene rings is 2. The van der Waals surface area contributed by atoms with Crippen molar-refractivity contribution in [3.63, 3.8) is 0 Å². The Morgan fingerprint density at radius 1 is 1.21 bits per heavy atom. The number of carbonyl (C=O) groups excluding carboxylic acids is 1. The number of aromatic nitrogens is 1. The van der Waals surface area contributed by atoms with Crippen molar-refractivity contribution in [2.75, 3.05) is 12.4 Å². The van der Waals surface area contributed by atoms with E-state index in [4.69, 9.17) is 4.74 Å². The number of ether oxygens (including phenoxy) is 1. The van der Waals surface area contributed by atoms with Crippen LogP contribution in [0, 0.1) is 6.92 Å². The zero-order chi connectivity index (χ0) is 19.9. The van der Waals surface area contributed by atoms with Crippen LogP contribution in [0.4, 0.5) is 5.69 Å². The van der Waals surface area contributed by atoms with Gasteiger partial charge in [-0.3, -0.25) is 4.79 Å². The number of methoxy groups -OCH3 is 1. The molecule has 2 aromatic carbocycles. The molecule has 28 heavy (non-hydrogen) atoms. The van der Waals surface area contributed by atoms with Gasteiger partial charge in [-0.2, -0.15) is 0 Å². The summed E-state index contributed by atoms with van der Waals surface area (Å²) in [6.07, 6.45) is 0.973. The molecule has 1 heterocycles. The molecule has 0 radical (unpaired) electrons. The van der Waals surface area contributed by atoms with Gasteiger partial charge in [-0.15, -0.1) is 11.3 Å². The third-order valence-corrected chi connectivity index (χ3v) is 5.51. The summed E-state index contributed by atoms with van der Waals surface area (Å²) in [6, 6.07) is 15.2. The summed E-state index contributed by atoms with van der Waals surface area (Å²) < 4.78 is 5.13. The molecule has 6 heteroatoms. The predicted molar refractivity (Wildman–Crippen MR) is 114 cm³/mol. The molecule has 0 saturated carbocycles. The fourth-order valence-corrected chi connectivity index (χ4v) is 3.84. The number of anilines is 1. The van der Waals surface area contributed by atoms with Gasteiger partial charge in [-0.1, -0.05) is 19.1 Å². The third kappa shape index (κ3) is 5.18. The molecule has 1 atom stereocenters. The number of thiazole rings is 1. The molecule has 0 bridgehead atoms. The van der Waals surface area contributed by atoms with E-state index in [9.17, 15) is 4.79 Å². The zero-order valence-electron chi connectivity index (χ0n) is 16.4. The molecule has 1 unspecified atom stereocenters. The number of rotatable bonds is 8. The molecule has 0 fully saturated rings. The average molecular weight is 396 g/mol. The van der Waals surface area contributed by atoms with E-state index >= 15 is 0 Å². The number of nitrogens with one attached hydrogen (secondary N) is 2. The third-order valence-electron chi connectivity index (χ3n) is 4.43. The van der Waals surface area contributed by atoms with E-state index in [0.717, 1.165) is 34.1 Å². The van der Waals surface area contributed by atoms with Gasteiger partial charge in [0, 0.05) is 28.9 Å². The summed E-state index contributed by atoms with van der Waals surface area (Å²) in [6.45, 7) is 4.88. The SMILES string of the molecule is CCC(NCc1cccc(NC(=O)c2ccc(OC)cc2)c1)c1nc(C)cs1. The standard InChI is InChI=1S/C22H25N3O2S/c1-4-20(22-24-15(2)14-28-22)23-13-16-6-5-7-18(12-16)25-21(26)17-8-10-19(27-3)11-9-17/h5-12,14,20,23H,4,13H2,1-3H3,(H,25,26). The monoisotopic (exact) mass is 395 g/mol. The maximum Gasteiger partial charge on any atom is 0.255 e. The average Bonchev–Trinajstić information content (AvgIpc) is 3.15. The first kappa shape index (κ1) is 20.0. The lowest BCUT2D eigenvalue weighted by Crippen LogP contribution is -2.20. The highest BCUT2D eigenvalue weighted by molar-refractivity contribution is 7.09. The highest BCUT2D eigenvalue weighted by Gasteiger charge is 2.13. The highest BCUT2D eigenvalue weighted by atomic mass is 32.1. The summed E-state index contributed by atoms with van der Waals surface area (Å²) in [5.41, 5.74) is 3.54. The molecule has 1 aromatic heterocycles. The lowest BCUT2D eigenvalue weighted by Gasteiger charge is -2.15. The van der Waals surface area contributed by atoms with Gasteiger partial charge in [0.15, 0.2) is 0 Å². The van der Waals surface area contributed by atoms with Gasteiger partial charge in [0.05, 0.1) is 13.2 Å². The van der Waals surface area contributed by atoms with Crippen LogP contribution in [-0.2, 0) is 6.54 Å². The molecule has 0 aliphatic heterocycles. The number of carbonyl (C=O) groups is 1. The van der Waals surface area contributed by atoms with Crippen molar-refractivity contribution in [3.8, 4) is 5.75 Å². The van der Waals surface area contributed by atoms with Crippen molar-refractivity contribution >= 4 is 22.9 Å². The smallest absolute Gasteiger partial charge is 0.255 e. The van der Waals surface area contributed by atoms with Crippen molar-refractivity contribution in [1.82, 2.24) is 10.3 Å². The quantitative estimate of drug-likeness (QED) is 0.566. The van der Waals surface area contributed by atoms with Gasteiger partial charge in [0.25, 0.3) is 5.91 Å². The van der Waals surface area contributed by atoms with E-state index in [2.05, 4.69) is 34.0 Å². The minimum absolute atomic E-state index is 0.141. The molecule has 0 aliphatic rings. The highest BCUT2D eigenvalue weighted by Crippen LogP contribution is 2.22. The Labute approximate surface area is 169 Å². The summed E-state index contributed by atoms with van der Waals surface area (Å²) in [5.74, 6) is 0.586. The second-order valence-electron chi connectivity index (χ2n) is 6.55. The van der Waals surface area contributed by atoms with Crippen LogP contribution in [0.5, 0.6) is 5.75 Å². The van der Waals surface area contributed by atoms with Crippen LogP contribution in [0.1, 0.15) is 46.0 Å². The van der Waals surface area contributed by atoms with Gasteiger partial charge in [-0.25, -0.2) is 4.98 Å². The van der Waals surface area contributed by atoms with Gasteiger partial charge >= 0.3 is 0 Å². The molecule has 146 valence electrons. The topological polar surface area (TPSA) is 63.2 Å². The zero-order valence-corrected chi connectivity index (χ0v) is 17.2. The first-order valence-corrected chi connectivity index (χ1v) is 10.2. The van der Waals surface area contributed by atoms with Crippen molar-refractivity contribution in [2.24, 2.45) is 0 Å². The van der Waals surface area contributed by atoms with E-state index in [0.29, 0.717) is 12.1 Å². The first-order chi connectivity index (χ1) is 13.6. The lowest BCUT2D eigenvalue weighted by molar-refractivity contribution is 0.102. The van der Waals surface area contributed by atoms with Crippen LogP contribution in [0.2, 0.25) is 0 Å². The van der Waals surface area contributed by atoms with Crippen LogP contribution in [0.15, 0.2) is 53.9 Å². The Morgan fingerprint density at radius 3 is 2.64 bits per heavy atom. The van der Waals surface area contributed by atoms with Gasteiger partial charge < -0.3 is 15.4 Å². The molecule has 0 saturated heterocycles. The number of hydrogen-bond donors (Lipinski definition) is 2. The Kier molecular flexibility index (Phi) is 6.79. The van der Waals surface area contributed by atoms with E-state index < -0.39 is 0 Å². The van der Waals surface area contributed by atoms with Crippen LogP contribution in [0.3, 0.4) is 0 Å². The number of amides is 1. The van der Waals surface area contributed by atoms with Crippen molar-refractivity contribution in [1.29, 1.82) is 0 Å². The van der Waals surface area contributed by atoms with Gasteiger partial charge in [-0.05, 0) is 55.3 Å². The molecule has 3 aromatic rings. The molecular weight excluding hydrogens is 370 g/mol. The van der Waals surface area contributed by atoms with Crippen molar-refractivity contribution < 1.29 is 9.53 Å². The lowest BCUT2D eigenvalue weighted by atomic mass is 10.1. The Balaban J connectivity index is 1.62. The fourth-order valence-electron chi connectivity index (χ4n) is 2.88. The van der Waals surface area contributed by atoms with E-state index in [1.807, 2.05) is 25.1 Å². The maximum atomic E-state index is 12.5. The molecule has 1 amide bonds. The van der Waals surface area contributed by atoms with E-state index in [1.165, 1.54) is 0 Å². The summed E-state index contributed by atoms with van der Waals surface area (Å²) in [7, 11) is 1.60. The van der Waals surface area contributed by atoms with Crippen LogP contribution < -0.4 is 15.4 Å². The second-order valence-corrected chi connectivity index (χ2v) is 7.44. The van der Waals surface area contributed by atoms with Crippen molar-refractivity contribution in [3.05, 3.63) is 75.7 Å². The fraction of sp³-hybridized carbons (Fsp3) is 0.273. The maximum absolute atomic E-state index is 12.5. The molecule has 5 nitrogen and oxygen atoms in total. The molecular formula is C22H25N3O2S. The molecule has 2 N–H and O–H groups in total. The van der Waals surface area contributed by atoms with Gasteiger partial charge in [0.2, 0.25) is 0 Å². The predicted octanol–water partition coefficient (Wildman–Crippen LogP) is 4.95. The summed E-state index contributed by atoms with van der Waals surface area (Å²) in [4.78, 5) is 17.0. The second kappa shape index (κ2) is 9.48. The Morgan fingerprint density at radius 2 is 2.00 bits per heavy atom.